The second kappa shape index (κ2) is 4.38. The topological polar surface area (TPSA) is 63.5 Å². The number of hydrogen-bond donors (Lipinski definition) is 2. The monoisotopic (exact) mass is 281 g/mol. The van der Waals surface area contributed by atoms with Crippen molar-refractivity contribution in [3.8, 4) is 11.3 Å². The zero-order chi connectivity index (χ0) is 14.4. The van der Waals surface area contributed by atoms with E-state index in [1.54, 1.807) is 0 Å². The molecule has 2 aliphatic rings. The summed E-state index contributed by atoms with van der Waals surface area (Å²) in [5.41, 5.74) is 9.84. The van der Waals surface area contributed by atoms with Crippen molar-refractivity contribution in [2.45, 2.75) is 31.7 Å². The summed E-state index contributed by atoms with van der Waals surface area (Å²) < 4.78 is 5.81. The van der Waals surface area contributed by atoms with Crippen molar-refractivity contribution in [2.75, 3.05) is 6.54 Å². The van der Waals surface area contributed by atoms with Crippen LogP contribution in [0, 0.1) is 6.92 Å². The van der Waals surface area contributed by atoms with Crippen LogP contribution in [0.4, 0.5) is 0 Å². The standard InChI is InChI=1S/C17H19N3O/c1-11-5-6-15(21-11)14-4-2-3-12-9-17(8-7-13(12)14)10-19-16(18)20-17/h2-6H,7-10H2,1H3,(H3,18,19,20). The number of nitrogens with one attached hydrogen (secondary N) is 1. The SMILES string of the molecule is Cc1ccc(-c2cccc3c2CCC2(CN=C(N)N2)C3)o1. The van der Waals surface area contributed by atoms with Crippen LogP contribution in [0.5, 0.6) is 0 Å². The Morgan fingerprint density at radius 3 is 2.90 bits per heavy atom. The second-order valence-corrected chi connectivity index (χ2v) is 6.14. The van der Waals surface area contributed by atoms with Crippen molar-refractivity contribution < 1.29 is 4.42 Å². The van der Waals surface area contributed by atoms with Gasteiger partial charge in [-0.15, -0.1) is 0 Å². The number of nitrogens with zero attached hydrogens (tertiary/aromatic N) is 1. The van der Waals surface area contributed by atoms with E-state index < -0.39 is 0 Å². The lowest BCUT2D eigenvalue weighted by Gasteiger charge is -2.35. The van der Waals surface area contributed by atoms with Gasteiger partial charge in [0.05, 0.1) is 12.1 Å². The molecule has 4 heteroatoms. The van der Waals surface area contributed by atoms with Crippen LogP contribution < -0.4 is 11.1 Å². The van der Waals surface area contributed by atoms with Gasteiger partial charge >= 0.3 is 0 Å². The number of benzene rings is 1. The Balaban J connectivity index is 1.72. The molecule has 1 aliphatic carbocycles. The van der Waals surface area contributed by atoms with Crippen molar-refractivity contribution in [1.29, 1.82) is 0 Å². The minimum absolute atomic E-state index is 0.0226. The number of nitrogens with two attached hydrogens (primary N) is 1. The van der Waals surface area contributed by atoms with E-state index in [4.69, 9.17) is 10.2 Å². The quantitative estimate of drug-likeness (QED) is 0.843. The first-order valence-corrected chi connectivity index (χ1v) is 7.41. The smallest absolute Gasteiger partial charge is 0.189 e. The molecular weight excluding hydrogens is 262 g/mol. The number of rotatable bonds is 1. The van der Waals surface area contributed by atoms with Crippen LogP contribution in [-0.2, 0) is 12.8 Å². The number of aryl methyl sites for hydroxylation is 1. The van der Waals surface area contributed by atoms with Crippen LogP contribution >= 0.6 is 0 Å². The third-order valence-electron chi connectivity index (χ3n) is 4.61. The number of fused-ring (bicyclic) bond motifs is 1. The molecule has 1 aromatic carbocycles. The van der Waals surface area contributed by atoms with Gasteiger partial charge < -0.3 is 15.5 Å². The summed E-state index contributed by atoms with van der Waals surface area (Å²) >= 11 is 0. The summed E-state index contributed by atoms with van der Waals surface area (Å²) in [5, 5.41) is 3.38. The molecule has 1 atom stereocenters. The van der Waals surface area contributed by atoms with Crippen LogP contribution in [0.2, 0.25) is 0 Å². The van der Waals surface area contributed by atoms with E-state index in [2.05, 4.69) is 34.6 Å². The van der Waals surface area contributed by atoms with Gasteiger partial charge in [-0.2, -0.15) is 0 Å². The van der Waals surface area contributed by atoms with Crippen molar-refractivity contribution in [2.24, 2.45) is 10.7 Å². The minimum Gasteiger partial charge on any atom is -0.461 e. The predicted octanol–water partition coefficient (Wildman–Crippen LogP) is 2.40. The third kappa shape index (κ3) is 2.02. The van der Waals surface area contributed by atoms with Crippen LogP contribution in [0.15, 0.2) is 39.7 Å². The first kappa shape index (κ1) is 12.5. The van der Waals surface area contributed by atoms with Crippen LogP contribution in [0.25, 0.3) is 11.3 Å². The van der Waals surface area contributed by atoms with E-state index in [1.165, 1.54) is 16.7 Å². The van der Waals surface area contributed by atoms with Gasteiger partial charge in [0.1, 0.15) is 11.5 Å². The summed E-state index contributed by atoms with van der Waals surface area (Å²) in [6.07, 6.45) is 3.06. The Labute approximate surface area is 124 Å². The average molecular weight is 281 g/mol. The molecule has 4 rings (SSSR count). The highest BCUT2D eigenvalue weighted by Gasteiger charge is 2.38. The average Bonchev–Trinajstić information content (AvgIpc) is 3.05. The molecule has 21 heavy (non-hydrogen) atoms. The van der Waals surface area contributed by atoms with E-state index >= 15 is 0 Å². The molecule has 4 nitrogen and oxygen atoms in total. The van der Waals surface area contributed by atoms with Crippen molar-refractivity contribution >= 4 is 5.96 Å². The lowest BCUT2D eigenvalue weighted by atomic mass is 9.76. The summed E-state index contributed by atoms with van der Waals surface area (Å²) in [5.74, 6) is 2.50. The highest BCUT2D eigenvalue weighted by Crippen LogP contribution is 2.36. The zero-order valence-corrected chi connectivity index (χ0v) is 12.1. The van der Waals surface area contributed by atoms with E-state index in [-0.39, 0.29) is 5.54 Å². The molecule has 0 radical (unpaired) electrons. The normalized spacial score (nSPS) is 23.8. The lowest BCUT2D eigenvalue weighted by molar-refractivity contribution is 0.361. The Hall–Kier alpha value is -2.23. The fraction of sp³-hybridized carbons (Fsp3) is 0.353. The third-order valence-corrected chi connectivity index (χ3v) is 4.61. The molecule has 0 saturated carbocycles. The fourth-order valence-corrected chi connectivity index (χ4v) is 3.55. The zero-order valence-electron chi connectivity index (χ0n) is 12.1. The molecule has 0 bridgehead atoms. The molecule has 1 aliphatic heterocycles. The van der Waals surface area contributed by atoms with Gasteiger partial charge in [0, 0.05) is 5.56 Å². The maximum Gasteiger partial charge on any atom is 0.189 e. The van der Waals surface area contributed by atoms with Gasteiger partial charge in [0.2, 0.25) is 0 Å². The molecular formula is C17H19N3O. The summed E-state index contributed by atoms with van der Waals surface area (Å²) in [4.78, 5) is 4.33. The summed E-state index contributed by atoms with van der Waals surface area (Å²) in [7, 11) is 0. The first-order chi connectivity index (χ1) is 10.2. The maximum absolute atomic E-state index is 5.81. The Morgan fingerprint density at radius 1 is 1.29 bits per heavy atom. The van der Waals surface area contributed by atoms with Gasteiger partial charge in [-0.1, -0.05) is 18.2 Å². The lowest BCUT2D eigenvalue weighted by Crippen LogP contribution is -2.51. The largest absolute Gasteiger partial charge is 0.461 e. The number of guanidine groups is 1. The van der Waals surface area contributed by atoms with Crippen LogP contribution in [-0.4, -0.2) is 18.0 Å². The van der Waals surface area contributed by atoms with Gasteiger partial charge in [-0.3, -0.25) is 4.99 Å². The minimum atomic E-state index is 0.0226. The molecule has 1 spiro atoms. The fourth-order valence-electron chi connectivity index (χ4n) is 3.55. The van der Waals surface area contributed by atoms with Gasteiger partial charge in [0.15, 0.2) is 5.96 Å². The molecule has 108 valence electrons. The van der Waals surface area contributed by atoms with E-state index in [1.807, 2.05) is 13.0 Å². The van der Waals surface area contributed by atoms with E-state index in [9.17, 15) is 0 Å². The Bertz CT molecular complexity index is 731. The van der Waals surface area contributed by atoms with Gasteiger partial charge in [-0.05, 0) is 49.4 Å². The Morgan fingerprint density at radius 2 is 2.19 bits per heavy atom. The second-order valence-electron chi connectivity index (χ2n) is 6.14. The maximum atomic E-state index is 5.81. The van der Waals surface area contributed by atoms with Crippen molar-refractivity contribution in [3.05, 3.63) is 47.2 Å². The number of aliphatic imine (C=N–C) groups is 1. The van der Waals surface area contributed by atoms with E-state index in [0.717, 1.165) is 37.3 Å². The van der Waals surface area contributed by atoms with Crippen LogP contribution in [0.1, 0.15) is 23.3 Å². The highest BCUT2D eigenvalue weighted by molar-refractivity contribution is 5.81. The van der Waals surface area contributed by atoms with E-state index in [0.29, 0.717) is 5.96 Å². The van der Waals surface area contributed by atoms with Gasteiger partial charge in [0.25, 0.3) is 0 Å². The molecule has 3 N–H and O–H groups in total. The van der Waals surface area contributed by atoms with Crippen LogP contribution in [0.3, 0.4) is 0 Å². The molecule has 1 unspecified atom stereocenters. The molecule has 0 saturated heterocycles. The molecule has 0 amide bonds. The summed E-state index contributed by atoms with van der Waals surface area (Å²) in [6.45, 7) is 2.76. The molecule has 1 aromatic heterocycles. The molecule has 0 fully saturated rings. The summed E-state index contributed by atoms with van der Waals surface area (Å²) in [6, 6.07) is 10.6. The predicted molar refractivity (Wildman–Crippen MR) is 83.3 cm³/mol. The molecule has 2 aromatic rings. The Kier molecular flexibility index (Phi) is 2.61. The highest BCUT2D eigenvalue weighted by atomic mass is 16.3. The van der Waals surface area contributed by atoms with Gasteiger partial charge in [-0.25, -0.2) is 0 Å². The number of furan rings is 1. The molecule has 2 heterocycles. The first-order valence-electron chi connectivity index (χ1n) is 7.41. The number of hydrogen-bond acceptors (Lipinski definition) is 4. The van der Waals surface area contributed by atoms with Crippen molar-refractivity contribution in [3.63, 3.8) is 0 Å². The van der Waals surface area contributed by atoms with Crippen molar-refractivity contribution in [1.82, 2.24) is 5.32 Å².